The molecule has 0 aliphatic carbocycles. The minimum Gasteiger partial charge on any atom is -0.465 e. The third kappa shape index (κ3) is 2.81. The molecule has 18 heavy (non-hydrogen) atoms. The van der Waals surface area contributed by atoms with Gasteiger partial charge in [0.15, 0.2) is 0 Å². The lowest BCUT2D eigenvalue weighted by Crippen LogP contribution is -2.05. The van der Waals surface area contributed by atoms with E-state index in [2.05, 4.69) is 9.72 Å². The highest BCUT2D eigenvalue weighted by Crippen LogP contribution is 2.28. The van der Waals surface area contributed by atoms with Crippen LogP contribution in [0.15, 0.2) is 52.5 Å². The maximum Gasteiger partial charge on any atom is 0.339 e. The quantitative estimate of drug-likeness (QED) is 0.678. The van der Waals surface area contributed by atoms with E-state index in [0.717, 1.165) is 9.92 Å². The summed E-state index contributed by atoms with van der Waals surface area (Å²) in [6.45, 7) is 0. The van der Waals surface area contributed by atoms with Crippen molar-refractivity contribution >= 4 is 23.4 Å². The number of hydrogen-bond acceptors (Lipinski definition) is 5. The Hall–Kier alpha value is -2.01. The average molecular weight is 260 g/mol. The molecule has 0 unspecified atom stereocenters. The normalized spacial score (nSPS) is 10.1. The lowest BCUT2D eigenvalue weighted by Gasteiger charge is -2.06. The molecule has 4 nitrogen and oxygen atoms in total. The van der Waals surface area contributed by atoms with Gasteiger partial charge in [0.05, 0.1) is 12.7 Å². The molecule has 0 saturated heterocycles. The van der Waals surface area contributed by atoms with Crippen molar-refractivity contribution < 1.29 is 9.53 Å². The van der Waals surface area contributed by atoms with E-state index >= 15 is 0 Å². The lowest BCUT2D eigenvalue weighted by atomic mass is 10.2. The molecule has 5 heteroatoms. The number of nitrogen functional groups attached to an aromatic ring is 1. The Morgan fingerprint density at radius 1 is 1.33 bits per heavy atom. The highest BCUT2D eigenvalue weighted by Gasteiger charge is 2.11. The molecule has 0 bridgehead atoms. The molecule has 1 aromatic heterocycles. The van der Waals surface area contributed by atoms with Crippen molar-refractivity contribution in [3.8, 4) is 0 Å². The summed E-state index contributed by atoms with van der Waals surface area (Å²) in [5, 5.41) is 0.859. The number of pyridine rings is 1. The highest BCUT2D eigenvalue weighted by molar-refractivity contribution is 7.99. The largest absolute Gasteiger partial charge is 0.465 e. The summed E-state index contributed by atoms with van der Waals surface area (Å²) in [5.41, 5.74) is 6.52. The molecule has 0 radical (unpaired) electrons. The van der Waals surface area contributed by atoms with Crippen LogP contribution in [0.1, 0.15) is 10.4 Å². The van der Waals surface area contributed by atoms with E-state index in [9.17, 15) is 4.79 Å². The third-order valence-corrected chi connectivity index (χ3v) is 3.23. The minimum absolute atomic E-state index is 0.374. The first-order valence-electron chi connectivity index (χ1n) is 5.27. The molecule has 0 fully saturated rings. The third-order valence-electron chi connectivity index (χ3n) is 2.29. The van der Waals surface area contributed by atoms with Crippen molar-refractivity contribution in [2.75, 3.05) is 12.8 Å². The number of nitrogens with zero attached hydrogens (tertiary/aromatic N) is 1. The molecule has 0 atom stereocenters. The number of aromatic nitrogens is 1. The van der Waals surface area contributed by atoms with Gasteiger partial charge in [-0.05, 0) is 30.3 Å². The van der Waals surface area contributed by atoms with E-state index in [1.807, 2.05) is 24.3 Å². The number of hydrogen-bond donors (Lipinski definition) is 1. The van der Waals surface area contributed by atoms with E-state index < -0.39 is 5.97 Å². The molecule has 2 N–H and O–H groups in total. The fourth-order valence-corrected chi connectivity index (χ4v) is 2.23. The van der Waals surface area contributed by atoms with E-state index in [-0.39, 0.29) is 0 Å². The number of methoxy groups -OCH3 is 1. The second-order valence-electron chi connectivity index (χ2n) is 3.51. The average Bonchev–Trinajstić information content (AvgIpc) is 2.41. The van der Waals surface area contributed by atoms with Crippen molar-refractivity contribution in [2.24, 2.45) is 0 Å². The Morgan fingerprint density at radius 2 is 2.17 bits per heavy atom. The first kappa shape index (κ1) is 12.4. The number of benzene rings is 1. The summed E-state index contributed by atoms with van der Waals surface area (Å²) in [7, 11) is 1.33. The molecule has 0 aliphatic rings. The smallest absolute Gasteiger partial charge is 0.339 e. The van der Waals surface area contributed by atoms with Crippen LogP contribution in [0.4, 0.5) is 5.69 Å². The van der Waals surface area contributed by atoms with Crippen LogP contribution >= 0.6 is 11.8 Å². The first-order valence-corrected chi connectivity index (χ1v) is 6.09. The fraction of sp³-hybridized carbons (Fsp3) is 0.0769. The van der Waals surface area contributed by atoms with Crippen molar-refractivity contribution in [3.63, 3.8) is 0 Å². The number of carbonyl (C=O) groups is 1. The van der Waals surface area contributed by atoms with Crippen LogP contribution in [0.3, 0.4) is 0 Å². The van der Waals surface area contributed by atoms with Gasteiger partial charge in [0, 0.05) is 16.8 Å². The van der Waals surface area contributed by atoms with E-state index in [1.165, 1.54) is 18.9 Å². The number of rotatable bonds is 3. The van der Waals surface area contributed by atoms with E-state index in [4.69, 9.17) is 5.73 Å². The van der Waals surface area contributed by atoms with Gasteiger partial charge in [-0.3, -0.25) is 0 Å². The first-order chi connectivity index (χ1) is 8.70. The molecule has 0 spiro atoms. The minimum atomic E-state index is -0.434. The van der Waals surface area contributed by atoms with Crippen LogP contribution in [0.5, 0.6) is 0 Å². The zero-order valence-corrected chi connectivity index (χ0v) is 10.6. The van der Waals surface area contributed by atoms with Crippen molar-refractivity contribution in [1.29, 1.82) is 0 Å². The number of anilines is 1. The van der Waals surface area contributed by atoms with Crippen LogP contribution in [-0.2, 0) is 4.74 Å². The van der Waals surface area contributed by atoms with Crippen molar-refractivity contribution in [2.45, 2.75) is 9.92 Å². The summed E-state index contributed by atoms with van der Waals surface area (Å²) < 4.78 is 4.68. The number of ether oxygens (including phenoxy) is 1. The summed E-state index contributed by atoms with van der Waals surface area (Å²) in [6.07, 6.45) is 1.72. The van der Waals surface area contributed by atoms with Crippen LogP contribution in [-0.4, -0.2) is 18.1 Å². The monoisotopic (exact) mass is 260 g/mol. The molecule has 92 valence electrons. The second-order valence-corrected chi connectivity index (χ2v) is 4.60. The predicted molar refractivity (Wildman–Crippen MR) is 70.6 cm³/mol. The van der Waals surface area contributed by atoms with Gasteiger partial charge in [-0.1, -0.05) is 17.8 Å². The predicted octanol–water partition coefficient (Wildman–Crippen LogP) is 2.60. The van der Waals surface area contributed by atoms with E-state index in [1.54, 1.807) is 18.3 Å². The van der Waals surface area contributed by atoms with Gasteiger partial charge in [0.25, 0.3) is 0 Å². The Labute approximate surface area is 109 Å². The van der Waals surface area contributed by atoms with Crippen LogP contribution in [0.2, 0.25) is 0 Å². The Kier molecular flexibility index (Phi) is 3.84. The maximum absolute atomic E-state index is 11.5. The summed E-state index contributed by atoms with van der Waals surface area (Å²) >= 11 is 1.46. The zero-order valence-electron chi connectivity index (χ0n) is 9.79. The van der Waals surface area contributed by atoms with Gasteiger partial charge in [-0.25, -0.2) is 9.78 Å². The van der Waals surface area contributed by atoms with Gasteiger partial charge >= 0.3 is 5.97 Å². The Bertz CT molecular complexity index is 558. The molecule has 0 saturated carbocycles. The molecular formula is C13H12N2O2S. The molecule has 2 aromatic rings. The molecule has 1 aromatic carbocycles. The van der Waals surface area contributed by atoms with Crippen LogP contribution in [0, 0.1) is 0 Å². The van der Waals surface area contributed by atoms with Gasteiger partial charge < -0.3 is 10.5 Å². The maximum atomic E-state index is 11.5. The molecule has 0 aliphatic heterocycles. The van der Waals surface area contributed by atoms with E-state index in [0.29, 0.717) is 11.3 Å². The Morgan fingerprint density at radius 3 is 2.83 bits per heavy atom. The van der Waals surface area contributed by atoms with Crippen LogP contribution in [0.25, 0.3) is 0 Å². The second kappa shape index (κ2) is 5.55. The summed E-state index contributed by atoms with van der Waals surface area (Å²) in [6, 6.07) is 10.9. The SMILES string of the molecule is COC(=O)c1cc(Sc2ccccn2)ccc1N. The zero-order chi connectivity index (χ0) is 13.0. The van der Waals surface area contributed by atoms with Crippen LogP contribution < -0.4 is 5.73 Å². The molecular weight excluding hydrogens is 248 g/mol. The highest BCUT2D eigenvalue weighted by atomic mass is 32.2. The standard InChI is InChI=1S/C13H12N2O2S/c1-17-13(16)10-8-9(5-6-11(10)14)18-12-4-2-3-7-15-12/h2-8H,14H2,1H3. The molecule has 2 rings (SSSR count). The summed E-state index contributed by atoms with van der Waals surface area (Å²) in [4.78, 5) is 16.6. The Balaban J connectivity index is 2.27. The number of nitrogens with two attached hydrogens (primary N) is 1. The van der Waals surface area contributed by atoms with Crippen molar-refractivity contribution in [1.82, 2.24) is 4.98 Å². The van der Waals surface area contributed by atoms with Gasteiger partial charge in [-0.2, -0.15) is 0 Å². The van der Waals surface area contributed by atoms with Gasteiger partial charge in [0.2, 0.25) is 0 Å². The number of carbonyl (C=O) groups excluding carboxylic acids is 1. The molecule has 1 heterocycles. The topological polar surface area (TPSA) is 65.2 Å². The summed E-state index contributed by atoms with van der Waals surface area (Å²) in [5.74, 6) is -0.434. The van der Waals surface area contributed by atoms with Gasteiger partial charge in [-0.15, -0.1) is 0 Å². The van der Waals surface area contributed by atoms with Crippen molar-refractivity contribution in [3.05, 3.63) is 48.2 Å². The van der Waals surface area contributed by atoms with Gasteiger partial charge in [0.1, 0.15) is 5.03 Å². The lowest BCUT2D eigenvalue weighted by molar-refractivity contribution is 0.0601. The molecule has 0 amide bonds. The number of esters is 1. The fourth-order valence-electron chi connectivity index (χ4n) is 1.41.